The van der Waals surface area contributed by atoms with Gasteiger partial charge in [-0.3, -0.25) is 9.67 Å². The molecule has 4 heteroatoms. The Morgan fingerprint density at radius 1 is 1.25 bits per heavy atom. The Morgan fingerprint density at radius 3 is 2.80 bits per heavy atom. The Balaban J connectivity index is 2.02. The van der Waals surface area contributed by atoms with Gasteiger partial charge in [0.2, 0.25) is 0 Å². The Bertz CT molecular complexity index is 745. The van der Waals surface area contributed by atoms with Crippen LogP contribution in [0.5, 0.6) is 0 Å². The highest BCUT2D eigenvalue weighted by atomic mass is 15.3. The zero-order valence-corrected chi connectivity index (χ0v) is 11.7. The van der Waals surface area contributed by atoms with E-state index in [1.165, 1.54) is 0 Å². The molecule has 3 aromatic rings. The zero-order chi connectivity index (χ0) is 14.1. The van der Waals surface area contributed by atoms with Gasteiger partial charge in [0.15, 0.2) is 0 Å². The van der Waals surface area contributed by atoms with Crippen molar-refractivity contribution in [1.82, 2.24) is 14.8 Å². The molecule has 4 nitrogen and oxygen atoms in total. The highest BCUT2D eigenvalue weighted by molar-refractivity contribution is 5.78. The molecular formula is C16H18N4. The van der Waals surface area contributed by atoms with Crippen molar-refractivity contribution in [3.05, 3.63) is 59.5 Å². The summed E-state index contributed by atoms with van der Waals surface area (Å²) < 4.78 is 1.86. The average molecular weight is 266 g/mol. The highest BCUT2D eigenvalue weighted by Gasteiger charge is 2.15. The number of aromatic nitrogens is 3. The molecule has 0 saturated carbocycles. The van der Waals surface area contributed by atoms with Gasteiger partial charge in [-0.1, -0.05) is 25.1 Å². The van der Waals surface area contributed by atoms with E-state index in [1.807, 2.05) is 36.1 Å². The highest BCUT2D eigenvalue weighted by Crippen LogP contribution is 2.22. The second kappa shape index (κ2) is 5.06. The van der Waals surface area contributed by atoms with Crippen molar-refractivity contribution in [2.24, 2.45) is 12.8 Å². The third-order valence-corrected chi connectivity index (χ3v) is 3.62. The predicted molar refractivity (Wildman–Crippen MR) is 80.4 cm³/mol. The van der Waals surface area contributed by atoms with Crippen LogP contribution in [0.1, 0.15) is 29.9 Å². The summed E-state index contributed by atoms with van der Waals surface area (Å²) in [6.45, 7) is 2.09. The van der Waals surface area contributed by atoms with Crippen molar-refractivity contribution in [2.45, 2.75) is 19.4 Å². The number of nitrogens with zero attached hydrogens (tertiary/aromatic N) is 3. The summed E-state index contributed by atoms with van der Waals surface area (Å²) in [4.78, 5) is 4.47. The molecule has 1 unspecified atom stereocenters. The summed E-state index contributed by atoms with van der Waals surface area (Å²) >= 11 is 0. The monoisotopic (exact) mass is 266 g/mol. The third-order valence-electron chi connectivity index (χ3n) is 3.62. The fourth-order valence-electron chi connectivity index (χ4n) is 2.44. The van der Waals surface area contributed by atoms with Crippen molar-refractivity contribution in [3.8, 4) is 0 Å². The summed E-state index contributed by atoms with van der Waals surface area (Å²) in [5, 5.41) is 5.56. The summed E-state index contributed by atoms with van der Waals surface area (Å²) in [5.41, 5.74) is 10.4. The van der Waals surface area contributed by atoms with Crippen LogP contribution in [0.15, 0.2) is 42.6 Å². The number of nitrogens with two attached hydrogens (primary N) is 1. The van der Waals surface area contributed by atoms with Crippen LogP contribution in [-0.4, -0.2) is 14.8 Å². The topological polar surface area (TPSA) is 56.7 Å². The number of pyridine rings is 1. The first-order valence-electron chi connectivity index (χ1n) is 6.82. The molecule has 0 saturated heterocycles. The maximum atomic E-state index is 6.38. The minimum absolute atomic E-state index is 0.204. The Kier molecular flexibility index (Phi) is 3.24. The predicted octanol–water partition coefficient (Wildman–Crippen LogP) is 2.58. The molecule has 0 radical (unpaired) electrons. The van der Waals surface area contributed by atoms with Gasteiger partial charge in [-0.15, -0.1) is 0 Å². The van der Waals surface area contributed by atoms with E-state index in [0.29, 0.717) is 0 Å². The Labute approximate surface area is 118 Å². The summed E-state index contributed by atoms with van der Waals surface area (Å²) in [7, 11) is 1.93. The molecule has 1 aromatic carbocycles. The second-order valence-corrected chi connectivity index (χ2v) is 4.98. The Hall–Kier alpha value is -2.20. The first kappa shape index (κ1) is 12.8. The zero-order valence-electron chi connectivity index (χ0n) is 11.7. The van der Waals surface area contributed by atoms with Crippen LogP contribution in [0.25, 0.3) is 10.9 Å². The molecule has 0 aliphatic heterocycles. The van der Waals surface area contributed by atoms with E-state index < -0.39 is 0 Å². The number of para-hydroxylation sites is 1. The standard InChI is InChI=1S/C16H18N4/c1-3-13-9-15(20(2)19-13)16(17)12-8-11-6-4-5-7-14(11)18-10-12/h4-10,16H,3,17H2,1-2H3. The quantitative estimate of drug-likeness (QED) is 0.792. The van der Waals surface area contributed by atoms with E-state index in [4.69, 9.17) is 5.73 Å². The van der Waals surface area contributed by atoms with Crippen LogP contribution < -0.4 is 5.73 Å². The SMILES string of the molecule is CCc1cc(C(N)c2cnc3ccccc3c2)n(C)n1. The average Bonchev–Trinajstić information content (AvgIpc) is 2.87. The van der Waals surface area contributed by atoms with E-state index in [9.17, 15) is 0 Å². The molecule has 2 heterocycles. The van der Waals surface area contributed by atoms with Gasteiger partial charge in [-0.2, -0.15) is 5.10 Å². The fourth-order valence-corrected chi connectivity index (χ4v) is 2.44. The minimum Gasteiger partial charge on any atom is -0.319 e. The van der Waals surface area contributed by atoms with E-state index in [-0.39, 0.29) is 6.04 Å². The minimum atomic E-state index is -0.204. The fraction of sp³-hybridized carbons (Fsp3) is 0.250. The Morgan fingerprint density at radius 2 is 2.05 bits per heavy atom. The van der Waals surface area contributed by atoms with Crippen LogP contribution in [-0.2, 0) is 13.5 Å². The van der Waals surface area contributed by atoms with E-state index >= 15 is 0 Å². The third kappa shape index (κ3) is 2.18. The van der Waals surface area contributed by atoms with E-state index in [2.05, 4.69) is 35.2 Å². The first-order chi connectivity index (χ1) is 9.69. The van der Waals surface area contributed by atoms with Crippen LogP contribution in [0, 0.1) is 0 Å². The lowest BCUT2D eigenvalue weighted by molar-refractivity contribution is 0.665. The normalized spacial score (nSPS) is 12.8. The molecule has 2 N–H and O–H groups in total. The number of aryl methyl sites for hydroxylation is 2. The largest absolute Gasteiger partial charge is 0.319 e. The summed E-state index contributed by atoms with van der Waals surface area (Å²) in [6.07, 6.45) is 2.77. The van der Waals surface area contributed by atoms with Gasteiger partial charge < -0.3 is 5.73 Å². The molecule has 0 spiro atoms. The molecule has 20 heavy (non-hydrogen) atoms. The molecule has 1 atom stereocenters. The van der Waals surface area contributed by atoms with Crippen LogP contribution in [0.2, 0.25) is 0 Å². The first-order valence-corrected chi connectivity index (χ1v) is 6.82. The lowest BCUT2D eigenvalue weighted by Crippen LogP contribution is -2.16. The number of benzene rings is 1. The molecule has 102 valence electrons. The van der Waals surface area contributed by atoms with Crippen LogP contribution in [0.3, 0.4) is 0 Å². The molecule has 0 fully saturated rings. The smallest absolute Gasteiger partial charge is 0.0738 e. The number of rotatable bonds is 3. The number of hydrogen-bond acceptors (Lipinski definition) is 3. The van der Waals surface area contributed by atoms with E-state index in [1.54, 1.807) is 0 Å². The van der Waals surface area contributed by atoms with Crippen molar-refractivity contribution < 1.29 is 0 Å². The molecule has 3 rings (SSSR count). The van der Waals surface area contributed by atoms with Crippen molar-refractivity contribution in [1.29, 1.82) is 0 Å². The molecule has 0 amide bonds. The molecular weight excluding hydrogens is 248 g/mol. The maximum Gasteiger partial charge on any atom is 0.0738 e. The van der Waals surface area contributed by atoms with Crippen LogP contribution >= 0.6 is 0 Å². The van der Waals surface area contributed by atoms with Crippen molar-refractivity contribution in [3.63, 3.8) is 0 Å². The van der Waals surface area contributed by atoms with Crippen molar-refractivity contribution >= 4 is 10.9 Å². The molecule has 0 aliphatic carbocycles. The lowest BCUT2D eigenvalue weighted by Gasteiger charge is -2.12. The van der Waals surface area contributed by atoms with Gasteiger partial charge in [0, 0.05) is 18.6 Å². The van der Waals surface area contributed by atoms with Gasteiger partial charge in [-0.05, 0) is 30.2 Å². The van der Waals surface area contributed by atoms with Gasteiger partial charge in [-0.25, -0.2) is 0 Å². The molecule has 0 bridgehead atoms. The van der Waals surface area contributed by atoms with Crippen molar-refractivity contribution in [2.75, 3.05) is 0 Å². The maximum absolute atomic E-state index is 6.38. The number of fused-ring (bicyclic) bond motifs is 1. The molecule has 0 aliphatic rings. The van der Waals surface area contributed by atoms with Crippen LogP contribution in [0.4, 0.5) is 0 Å². The van der Waals surface area contributed by atoms with Gasteiger partial charge in [0.1, 0.15) is 0 Å². The lowest BCUT2D eigenvalue weighted by atomic mass is 10.0. The van der Waals surface area contributed by atoms with E-state index in [0.717, 1.165) is 34.3 Å². The molecule has 2 aromatic heterocycles. The number of hydrogen-bond donors (Lipinski definition) is 1. The summed E-state index contributed by atoms with van der Waals surface area (Å²) in [5.74, 6) is 0. The second-order valence-electron chi connectivity index (χ2n) is 4.98. The van der Waals surface area contributed by atoms with Gasteiger partial charge in [0.25, 0.3) is 0 Å². The summed E-state index contributed by atoms with van der Waals surface area (Å²) in [6, 6.07) is 12.0. The van der Waals surface area contributed by atoms with Gasteiger partial charge in [0.05, 0.1) is 22.9 Å². The van der Waals surface area contributed by atoms with Gasteiger partial charge >= 0.3 is 0 Å².